The van der Waals surface area contributed by atoms with Crippen molar-refractivity contribution in [2.24, 2.45) is 0 Å². The van der Waals surface area contributed by atoms with Gasteiger partial charge in [0.25, 0.3) is 0 Å². The smallest absolute Gasteiger partial charge is 0.00978 e. The molecule has 1 nitrogen and oxygen atoms in total. The average molecular weight is 298 g/mol. The molecule has 0 aliphatic heterocycles. The minimum Gasteiger partial charge on any atom is -0.298 e. The second-order valence-corrected chi connectivity index (χ2v) is 6.98. The highest BCUT2D eigenvalue weighted by molar-refractivity contribution is 4.74. The molecular formula is C20H43N. The molecule has 128 valence electrons. The third-order valence-electron chi connectivity index (χ3n) is 4.78. The van der Waals surface area contributed by atoms with Crippen LogP contribution in [0.25, 0.3) is 0 Å². The van der Waals surface area contributed by atoms with E-state index in [1.165, 1.54) is 83.6 Å². The number of unbranched alkanes of at least 4 members (excludes halogenated alkanes) is 8. The van der Waals surface area contributed by atoms with Gasteiger partial charge in [-0.15, -0.1) is 0 Å². The molecule has 0 aromatic heterocycles. The lowest BCUT2D eigenvalue weighted by atomic mass is 9.98. The quantitative estimate of drug-likeness (QED) is 0.300. The molecule has 0 aliphatic rings. The number of rotatable bonds is 15. The monoisotopic (exact) mass is 297 g/mol. The van der Waals surface area contributed by atoms with Crippen molar-refractivity contribution < 1.29 is 0 Å². The molecule has 0 atom stereocenters. The Morgan fingerprint density at radius 3 is 1.38 bits per heavy atom. The number of nitrogens with zero attached hydrogens (tertiary/aromatic N) is 1. The summed E-state index contributed by atoms with van der Waals surface area (Å²) in [7, 11) is 0. The third-order valence-corrected chi connectivity index (χ3v) is 4.78. The summed E-state index contributed by atoms with van der Waals surface area (Å²) >= 11 is 0. The molecule has 0 aliphatic carbocycles. The van der Waals surface area contributed by atoms with Gasteiger partial charge < -0.3 is 0 Å². The molecule has 0 rings (SSSR count). The SMILES string of the molecule is CCCCCCCC(CCCCCCC)N(CC)C(C)C. The first kappa shape index (κ1) is 21.0. The molecule has 0 saturated carbocycles. The summed E-state index contributed by atoms with van der Waals surface area (Å²) in [5, 5.41) is 0. The molecule has 0 bridgehead atoms. The Bertz CT molecular complexity index is 186. The summed E-state index contributed by atoms with van der Waals surface area (Å²) in [4.78, 5) is 2.74. The first-order valence-electron chi connectivity index (χ1n) is 9.93. The average Bonchev–Trinajstić information content (AvgIpc) is 2.46. The second-order valence-electron chi connectivity index (χ2n) is 6.98. The van der Waals surface area contributed by atoms with Crippen molar-refractivity contribution in [3.63, 3.8) is 0 Å². The fourth-order valence-electron chi connectivity index (χ4n) is 3.49. The lowest BCUT2D eigenvalue weighted by Gasteiger charge is -2.34. The summed E-state index contributed by atoms with van der Waals surface area (Å²) in [6, 6.07) is 1.53. The van der Waals surface area contributed by atoms with Gasteiger partial charge >= 0.3 is 0 Å². The van der Waals surface area contributed by atoms with Crippen LogP contribution in [0.5, 0.6) is 0 Å². The van der Waals surface area contributed by atoms with E-state index >= 15 is 0 Å². The van der Waals surface area contributed by atoms with Crippen LogP contribution in [0.15, 0.2) is 0 Å². The summed E-state index contributed by atoms with van der Waals surface area (Å²) in [5.41, 5.74) is 0. The third kappa shape index (κ3) is 11.2. The van der Waals surface area contributed by atoms with Crippen molar-refractivity contribution in [1.82, 2.24) is 4.90 Å². The Morgan fingerprint density at radius 2 is 1.05 bits per heavy atom. The van der Waals surface area contributed by atoms with Crippen molar-refractivity contribution in [3.8, 4) is 0 Å². The normalized spacial score (nSPS) is 12.0. The van der Waals surface area contributed by atoms with Gasteiger partial charge in [0.2, 0.25) is 0 Å². The zero-order valence-electron chi connectivity index (χ0n) is 15.8. The minimum absolute atomic E-state index is 0.700. The number of hydrogen-bond acceptors (Lipinski definition) is 1. The highest BCUT2D eigenvalue weighted by atomic mass is 15.2. The molecule has 0 unspecified atom stereocenters. The molecule has 0 spiro atoms. The zero-order chi connectivity index (χ0) is 15.9. The van der Waals surface area contributed by atoms with E-state index in [2.05, 4.69) is 39.5 Å². The van der Waals surface area contributed by atoms with E-state index in [9.17, 15) is 0 Å². The summed E-state index contributed by atoms with van der Waals surface area (Å²) in [6.07, 6.45) is 17.0. The fourth-order valence-corrected chi connectivity index (χ4v) is 3.49. The molecule has 0 fully saturated rings. The topological polar surface area (TPSA) is 3.24 Å². The van der Waals surface area contributed by atoms with E-state index in [0.717, 1.165) is 6.04 Å². The van der Waals surface area contributed by atoms with E-state index in [1.807, 2.05) is 0 Å². The van der Waals surface area contributed by atoms with E-state index in [1.54, 1.807) is 0 Å². The molecule has 0 heterocycles. The molecule has 1 heteroatoms. The van der Waals surface area contributed by atoms with Crippen LogP contribution in [0.3, 0.4) is 0 Å². The van der Waals surface area contributed by atoms with Gasteiger partial charge in [0.05, 0.1) is 0 Å². The van der Waals surface area contributed by atoms with Crippen LogP contribution >= 0.6 is 0 Å². The molecule has 0 saturated heterocycles. The van der Waals surface area contributed by atoms with Crippen LogP contribution < -0.4 is 0 Å². The molecule has 0 amide bonds. The second kappa shape index (κ2) is 14.9. The number of hydrogen-bond donors (Lipinski definition) is 0. The van der Waals surface area contributed by atoms with Gasteiger partial charge in [-0.2, -0.15) is 0 Å². The van der Waals surface area contributed by atoms with Gasteiger partial charge in [0.15, 0.2) is 0 Å². The van der Waals surface area contributed by atoms with Crippen molar-refractivity contribution in [1.29, 1.82) is 0 Å². The van der Waals surface area contributed by atoms with Gasteiger partial charge in [-0.05, 0) is 33.2 Å². The van der Waals surface area contributed by atoms with E-state index < -0.39 is 0 Å². The predicted molar refractivity (Wildman–Crippen MR) is 98.1 cm³/mol. The van der Waals surface area contributed by atoms with E-state index in [0.29, 0.717) is 6.04 Å². The fraction of sp³-hybridized carbons (Fsp3) is 1.00. The van der Waals surface area contributed by atoms with Crippen LogP contribution in [0.1, 0.15) is 112 Å². The first-order valence-corrected chi connectivity index (χ1v) is 9.93. The van der Waals surface area contributed by atoms with Crippen molar-refractivity contribution in [3.05, 3.63) is 0 Å². The lowest BCUT2D eigenvalue weighted by molar-refractivity contribution is 0.140. The summed E-state index contributed by atoms with van der Waals surface area (Å²) < 4.78 is 0. The Kier molecular flexibility index (Phi) is 14.9. The van der Waals surface area contributed by atoms with E-state index in [4.69, 9.17) is 0 Å². The van der Waals surface area contributed by atoms with Crippen molar-refractivity contribution in [2.75, 3.05) is 6.54 Å². The maximum atomic E-state index is 2.74. The maximum absolute atomic E-state index is 2.74. The van der Waals surface area contributed by atoms with Crippen LogP contribution in [0.4, 0.5) is 0 Å². The summed E-state index contributed by atoms with van der Waals surface area (Å²) in [5.74, 6) is 0. The molecule has 0 N–H and O–H groups in total. The van der Waals surface area contributed by atoms with Gasteiger partial charge in [-0.25, -0.2) is 0 Å². The molecule has 0 aromatic rings. The molecule has 0 aromatic carbocycles. The molecule has 0 radical (unpaired) electrons. The first-order chi connectivity index (χ1) is 10.2. The zero-order valence-corrected chi connectivity index (χ0v) is 15.8. The van der Waals surface area contributed by atoms with Crippen LogP contribution in [0.2, 0.25) is 0 Å². The van der Waals surface area contributed by atoms with Gasteiger partial charge in [-0.3, -0.25) is 4.90 Å². The van der Waals surface area contributed by atoms with Crippen molar-refractivity contribution in [2.45, 2.75) is 124 Å². The van der Waals surface area contributed by atoms with Crippen molar-refractivity contribution >= 4 is 0 Å². The standard InChI is InChI=1S/C20H43N/c1-6-9-11-13-15-17-20(21(8-3)19(4)5)18-16-14-12-10-7-2/h19-20H,6-18H2,1-5H3. The lowest BCUT2D eigenvalue weighted by Crippen LogP contribution is -2.40. The van der Waals surface area contributed by atoms with Gasteiger partial charge in [0, 0.05) is 12.1 Å². The Hall–Kier alpha value is -0.0400. The van der Waals surface area contributed by atoms with Gasteiger partial charge in [0.1, 0.15) is 0 Å². The Morgan fingerprint density at radius 1 is 0.619 bits per heavy atom. The van der Waals surface area contributed by atoms with E-state index in [-0.39, 0.29) is 0 Å². The summed E-state index contributed by atoms with van der Waals surface area (Å²) in [6.45, 7) is 12.9. The molecular weight excluding hydrogens is 254 g/mol. The Labute approximate surface area is 135 Å². The largest absolute Gasteiger partial charge is 0.298 e. The highest BCUT2D eigenvalue weighted by Crippen LogP contribution is 2.20. The van der Waals surface area contributed by atoms with Crippen LogP contribution in [-0.4, -0.2) is 23.5 Å². The predicted octanol–water partition coefficient (Wildman–Crippen LogP) is 6.81. The highest BCUT2D eigenvalue weighted by Gasteiger charge is 2.18. The minimum atomic E-state index is 0.700. The molecule has 21 heavy (non-hydrogen) atoms. The Balaban J connectivity index is 4.08. The van der Waals surface area contributed by atoms with Crippen LogP contribution in [0, 0.1) is 0 Å². The maximum Gasteiger partial charge on any atom is 0.00978 e. The van der Waals surface area contributed by atoms with Crippen LogP contribution in [-0.2, 0) is 0 Å². The van der Waals surface area contributed by atoms with Gasteiger partial charge in [-0.1, -0.05) is 85.0 Å².